The van der Waals surface area contributed by atoms with E-state index in [0.29, 0.717) is 5.15 Å². The van der Waals surface area contributed by atoms with Gasteiger partial charge in [0.2, 0.25) is 0 Å². The van der Waals surface area contributed by atoms with Crippen LogP contribution in [-0.2, 0) is 6.42 Å². The fourth-order valence-electron chi connectivity index (χ4n) is 1.51. The first-order valence-corrected chi connectivity index (χ1v) is 5.26. The Labute approximate surface area is 93.9 Å². The minimum absolute atomic E-state index is 0.450. The van der Waals surface area contributed by atoms with Gasteiger partial charge in [-0.3, -0.25) is 0 Å². The second-order valence-corrected chi connectivity index (χ2v) is 3.65. The third kappa shape index (κ3) is 2.16. The van der Waals surface area contributed by atoms with Crippen LogP contribution in [0.1, 0.15) is 12.5 Å². The van der Waals surface area contributed by atoms with Crippen molar-refractivity contribution in [2.45, 2.75) is 13.3 Å². The summed E-state index contributed by atoms with van der Waals surface area (Å²) in [4.78, 5) is 0. The smallest absolute Gasteiger partial charge is 0.149 e. The molecular formula is C12H11ClN2. The van der Waals surface area contributed by atoms with Gasteiger partial charge in [-0.15, -0.1) is 10.2 Å². The molecule has 2 aromatic rings. The first-order chi connectivity index (χ1) is 7.31. The van der Waals surface area contributed by atoms with E-state index in [0.717, 1.165) is 23.2 Å². The van der Waals surface area contributed by atoms with Crippen LogP contribution in [0.5, 0.6) is 0 Å². The summed E-state index contributed by atoms with van der Waals surface area (Å²) in [6.07, 6.45) is 0.902. The number of nitrogens with zero attached hydrogens (tertiary/aromatic N) is 2. The number of benzene rings is 1. The first kappa shape index (κ1) is 10.1. The minimum atomic E-state index is 0.450. The molecule has 76 valence electrons. The maximum Gasteiger partial charge on any atom is 0.152 e. The molecule has 1 aromatic heterocycles. The third-order valence-electron chi connectivity index (χ3n) is 2.27. The largest absolute Gasteiger partial charge is 0.152 e. The zero-order valence-corrected chi connectivity index (χ0v) is 9.20. The van der Waals surface area contributed by atoms with Crippen molar-refractivity contribution in [3.8, 4) is 11.3 Å². The van der Waals surface area contributed by atoms with Gasteiger partial charge in [0.05, 0.1) is 5.69 Å². The Kier molecular flexibility index (Phi) is 2.97. The standard InChI is InChI=1S/C12H11ClN2/c1-2-9-8-11(13)14-15-12(9)10-6-4-3-5-7-10/h3-8H,2H2,1H3. The first-order valence-electron chi connectivity index (χ1n) is 4.88. The summed E-state index contributed by atoms with van der Waals surface area (Å²) in [5.41, 5.74) is 3.13. The van der Waals surface area contributed by atoms with Gasteiger partial charge >= 0.3 is 0 Å². The molecule has 2 rings (SSSR count). The van der Waals surface area contributed by atoms with Gasteiger partial charge < -0.3 is 0 Å². The van der Waals surface area contributed by atoms with Crippen LogP contribution in [0.3, 0.4) is 0 Å². The van der Waals surface area contributed by atoms with E-state index in [9.17, 15) is 0 Å². The SMILES string of the molecule is CCc1cc(Cl)nnc1-c1ccccc1. The lowest BCUT2D eigenvalue weighted by atomic mass is 10.1. The molecule has 1 heterocycles. The summed E-state index contributed by atoms with van der Waals surface area (Å²) < 4.78 is 0. The Morgan fingerprint density at radius 2 is 1.87 bits per heavy atom. The van der Waals surface area contributed by atoms with E-state index in [2.05, 4.69) is 17.1 Å². The maximum atomic E-state index is 5.81. The van der Waals surface area contributed by atoms with Gasteiger partial charge in [0.15, 0.2) is 5.15 Å². The van der Waals surface area contributed by atoms with Crippen LogP contribution in [0.2, 0.25) is 5.15 Å². The lowest BCUT2D eigenvalue weighted by Gasteiger charge is -2.05. The molecule has 15 heavy (non-hydrogen) atoms. The summed E-state index contributed by atoms with van der Waals surface area (Å²) in [5, 5.41) is 8.47. The Morgan fingerprint density at radius 3 is 2.53 bits per heavy atom. The quantitative estimate of drug-likeness (QED) is 0.773. The fraction of sp³-hybridized carbons (Fsp3) is 0.167. The van der Waals surface area contributed by atoms with Crippen molar-refractivity contribution in [2.24, 2.45) is 0 Å². The van der Waals surface area contributed by atoms with Gasteiger partial charge in [0.25, 0.3) is 0 Å². The van der Waals surface area contributed by atoms with Crippen molar-refractivity contribution < 1.29 is 0 Å². The Bertz CT molecular complexity index is 454. The molecule has 0 radical (unpaired) electrons. The lowest BCUT2D eigenvalue weighted by molar-refractivity contribution is 0.992. The van der Waals surface area contributed by atoms with Gasteiger partial charge in [-0.1, -0.05) is 48.9 Å². The van der Waals surface area contributed by atoms with E-state index in [4.69, 9.17) is 11.6 Å². The minimum Gasteiger partial charge on any atom is -0.149 e. The molecule has 0 N–H and O–H groups in total. The topological polar surface area (TPSA) is 25.8 Å². The lowest BCUT2D eigenvalue weighted by Crippen LogP contribution is -1.94. The van der Waals surface area contributed by atoms with E-state index in [1.54, 1.807) is 0 Å². The van der Waals surface area contributed by atoms with Crippen LogP contribution in [0.25, 0.3) is 11.3 Å². The highest BCUT2D eigenvalue weighted by Crippen LogP contribution is 2.22. The number of aromatic nitrogens is 2. The van der Waals surface area contributed by atoms with Crippen LogP contribution in [0.15, 0.2) is 36.4 Å². The Morgan fingerprint density at radius 1 is 1.13 bits per heavy atom. The highest BCUT2D eigenvalue weighted by molar-refractivity contribution is 6.29. The summed E-state index contributed by atoms with van der Waals surface area (Å²) >= 11 is 5.81. The van der Waals surface area contributed by atoms with Crippen LogP contribution >= 0.6 is 11.6 Å². The molecule has 0 spiro atoms. The molecule has 1 aromatic carbocycles. The molecule has 2 nitrogen and oxygen atoms in total. The predicted molar refractivity (Wildman–Crippen MR) is 61.9 cm³/mol. The number of rotatable bonds is 2. The number of halogens is 1. The van der Waals surface area contributed by atoms with Gasteiger partial charge in [0.1, 0.15) is 0 Å². The molecule has 0 saturated heterocycles. The van der Waals surface area contributed by atoms with Crippen molar-refractivity contribution >= 4 is 11.6 Å². The zero-order valence-electron chi connectivity index (χ0n) is 8.44. The van der Waals surface area contributed by atoms with Crippen molar-refractivity contribution in [2.75, 3.05) is 0 Å². The molecule has 0 aliphatic heterocycles. The molecule has 3 heteroatoms. The van der Waals surface area contributed by atoms with E-state index < -0.39 is 0 Å². The molecule has 0 atom stereocenters. The van der Waals surface area contributed by atoms with Gasteiger partial charge in [0, 0.05) is 5.56 Å². The average molecular weight is 219 g/mol. The maximum absolute atomic E-state index is 5.81. The summed E-state index contributed by atoms with van der Waals surface area (Å²) in [6.45, 7) is 2.08. The molecule has 0 aliphatic rings. The molecular weight excluding hydrogens is 208 g/mol. The Hall–Kier alpha value is -1.41. The van der Waals surface area contributed by atoms with Crippen molar-refractivity contribution in [3.05, 3.63) is 47.1 Å². The molecule has 0 amide bonds. The second kappa shape index (κ2) is 4.41. The predicted octanol–water partition coefficient (Wildman–Crippen LogP) is 3.36. The highest BCUT2D eigenvalue weighted by atomic mass is 35.5. The average Bonchev–Trinajstić information content (AvgIpc) is 2.30. The van der Waals surface area contributed by atoms with Gasteiger partial charge in [-0.25, -0.2) is 0 Å². The fourth-order valence-corrected chi connectivity index (χ4v) is 1.68. The second-order valence-electron chi connectivity index (χ2n) is 3.26. The summed E-state index contributed by atoms with van der Waals surface area (Å²) in [7, 11) is 0. The highest BCUT2D eigenvalue weighted by Gasteiger charge is 2.06. The van der Waals surface area contributed by atoms with E-state index in [-0.39, 0.29) is 0 Å². The van der Waals surface area contributed by atoms with Crippen LogP contribution in [0.4, 0.5) is 0 Å². The van der Waals surface area contributed by atoms with Crippen LogP contribution in [0, 0.1) is 0 Å². The van der Waals surface area contributed by atoms with E-state index in [1.807, 2.05) is 36.4 Å². The van der Waals surface area contributed by atoms with Crippen molar-refractivity contribution in [3.63, 3.8) is 0 Å². The number of aryl methyl sites for hydroxylation is 1. The van der Waals surface area contributed by atoms with Crippen molar-refractivity contribution in [1.82, 2.24) is 10.2 Å². The van der Waals surface area contributed by atoms with Crippen LogP contribution in [-0.4, -0.2) is 10.2 Å². The molecule has 0 fully saturated rings. The normalized spacial score (nSPS) is 10.3. The van der Waals surface area contributed by atoms with Gasteiger partial charge in [-0.2, -0.15) is 0 Å². The summed E-state index contributed by atoms with van der Waals surface area (Å²) in [6, 6.07) is 11.9. The van der Waals surface area contributed by atoms with Crippen molar-refractivity contribution in [1.29, 1.82) is 0 Å². The van der Waals surface area contributed by atoms with Crippen LogP contribution < -0.4 is 0 Å². The van der Waals surface area contributed by atoms with E-state index in [1.165, 1.54) is 0 Å². The molecule has 0 saturated carbocycles. The third-order valence-corrected chi connectivity index (χ3v) is 2.46. The number of hydrogen-bond donors (Lipinski definition) is 0. The number of hydrogen-bond acceptors (Lipinski definition) is 2. The monoisotopic (exact) mass is 218 g/mol. The van der Waals surface area contributed by atoms with E-state index >= 15 is 0 Å². The Balaban J connectivity index is 2.53. The molecule has 0 bridgehead atoms. The zero-order chi connectivity index (χ0) is 10.7. The van der Waals surface area contributed by atoms with Gasteiger partial charge in [-0.05, 0) is 18.1 Å². The molecule has 0 unspecified atom stereocenters. The molecule has 0 aliphatic carbocycles. The summed E-state index contributed by atoms with van der Waals surface area (Å²) in [5.74, 6) is 0.